The van der Waals surface area contributed by atoms with E-state index in [1.807, 2.05) is 4.90 Å². The number of nitrogens with zero attached hydrogens (tertiary/aromatic N) is 1. The van der Waals surface area contributed by atoms with Crippen molar-refractivity contribution in [3.8, 4) is 0 Å². The van der Waals surface area contributed by atoms with Crippen LogP contribution in [-0.4, -0.2) is 46.9 Å². The second kappa shape index (κ2) is 22.2. The summed E-state index contributed by atoms with van der Waals surface area (Å²) < 4.78 is 0. The minimum atomic E-state index is -0.943. The third-order valence-corrected chi connectivity index (χ3v) is 6.16. The lowest BCUT2D eigenvalue weighted by atomic mass is 10.0. The number of hydrogen-bond donors (Lipinski definition) is 2. The van der Waals surface area contributed by atoms with E-state index in [2.05, 4.69) is 26.1 Å². The van der Waals surface area contributed by atoms with Crippen molar-refractivity contribution >= 4 is 17.8 Å². The molecular weight excluding hydrogens is 416 g/mol. The van der Waals surface area contributed by atoms with Gasteiger partial charge >= 0.3 is 5.97 Å². The van der Waals surface area contributed by atoms with Crippen molar-refractivity contribution < 1.29 is 19.5 Å². The fourth-order valence-corrected chi connectivity index (χ4v) is 3.99. The van der Waals surface area contributed by atoms with E-state index in [1.165, 1.54) is 51.4 Å². The van der Waals surface area contributed by atoms with Crippen molar-refractivity contribution in [3.05, 3.63) is 0 Å². The van der Waals surface area contributed by atoms with E-state index in [4.69, 9.17) is 5.11 Å². The first-order valence-corrected chi connectivity index (χ1v) is 13.8. The summed E-state index contributed by atoms with van der Waals surface area (Å²) in [5.41, 5.74) is 0. The lowest BCUT2D eigenvalue weighted by Gasteiger charge is -2.28. The smallest absolute Gasteiger partial charge is 0.303 e. The van der Waals surface area contributed by atoms with E-state index in [0.717, 1.165) is 44.9 Å². The predicted molar refractivity (Wildman–Crippen MR) is 136 cm³/mol. The second-order valence-electron chi connectivity index (χ2n) is 9.37. The molecule has 33 heavy (non-hydrogen) atoms. The highest BCUT2D eigenvalue weighted by atomic mass is 16.4. The molecule has 2 amide bonds. The summed E-state index contributed by atoms with van der Waals surface area (Å²) in [5, 5.41) is 11.9. The molecule has 0 radical (unpaired) electrons. The Hall–Kier alpha value is -1.59. The van der Waals surface area contributed by atoms with Crippen LogP contribution in [0.15, 0.2) is 0 Å². The van der Waals surface area contributed by atoms with Gasteiger partial charge in [0.25, 0.3) is 0 Å². The Bertz CT molecular complexity index is 502. The zero-order chi connectivity index (χ0) is 24.7. The molecule has 1 atom stereocenters. The Morgan fingerprint density at radius 1 is 0.667 bits per heavy atom. The lowest BCUT2D eigenvalue weighted by Crippen LogP contribution is -2.49. The topological polar surface area (TPSA) is 86.7 Å². The van der Waals surface area contributed by atoms with Crippen molar-refractivity contribution in [1.29, 1.82) is 0 Å². The first kappa shape index (κ1) is 31.4. The van der Waals surface area contributed by atoms with Crippen molar-refractivity contribution in [2.45, 2.75) is 142 Å². The average Bonchev–Trinajstić information content (AvgIpc) is 2.79. The van der Waals surface area contributed by atoms with Crippen molar-refractivity contribution in [2.24, 2.45) is 0 Å². The molecule has 2 N–H and O–H groups in total. The van der Waals surface area contributed by atoms with Gasteiger partial charge < -0.3 is 15.3 Å². The van der Waals surface area contributed by atoms with Gasteiger partial charge in [-0.1, -0.05) is 97.8 Å². The molecule has 0 saturated carbocycles. The molecule has 0 aliphatic heterocycles. The van der Waals surface area contributed by atoms with Crippen molar-refractivity contribution in [3.63, 3.8) is 0 Å². The number of nitrogens with one attached hydrogen (secondary N) is 1. The van der Waals surface area contributed by atoms with Gasteiger partial charge in [-0.2, -0.15) is 0 Å². The fraction of sp³-hybridized carbons (Fsp3) is 0.889. The average molecular weight is 469 g/mol. The highest BCUT2D eigenvalue weighted by Gasteiger charge is 2.26. The quantitative estimate of drug-likeness (QED) is 0.168. The molecule has 6 heteroatoms. The molecule has 1 unspecified atom stereocenters. The number of carbonyl (C=O) groups is 3. The van der Waals surface area contributed by atoms with Crippen LogP contribution in [0.3, 0.4) is 0 Å². The van der Waals surface area contributed by atoms with E-state index in [-0.39, 0.29) is 24.7 Å². The third kappa shape index (κ3) is 18.5. The maximum Gasteiger partial charge on any atom is 0.303 e. The zero-order valence-electron chi connectivity index (χ0n) is 21.8. The number of aliphatic carboxylic acids is 1. The first-order chi connectivity index (χ1) is 16.0. The van der Waals surface area contributed by atoms with Gasteiger partial charge in [-0.3, -0.25) is 14.4 Å². The molecule has 0 aliphatic rings. The SMILES string of the molecule is CCCCCCCCCCCCCC(=O)NC(CCC(=O)O)C(=O)N(CCCC)CCCC. The van der Waals surface area contributed by atoms with Crippen LogP contribution in [0.25, 0.3) is 0 Å². The molecule has 6 nitrogen and oxygen atoms in total. The number of carboxylic acids is 1. The van der Waals surface area contributed by atoms with E-state index < -0.39 is 12.0 Å². The van der Waals surface area contributed by atoms with Crippen LogP contribution in [0.2, 0.25) is 0 Å². The van der Waals surface area contributed by atoms with Gasteiger partial charge in [-0.25, -0.2) is 0 Å². The Balaban J connectivity index is 4.36. The number of unbranched alkanes of at least 4 members (excludes halogenated alkanes) is 12. The standard InChI is InChI=1S/C27H52N2O4/c1-4-7-10-11-12-13-14-15-16-17-18-19-25(30)28-24(20-21-26(31)32)27(33)29(22-8-5-2)23-9-6-3/h24H,4-23H2,1-3H3,(H,28,30)(H,31,32). The van der Waals surface area contributed by atoms with Crippen LogP contribution < -0.4 is 5.32 Å². The highest BCUT2D eigenvalue weighted by molar-refractivity contribution is 5.88. The van der Waals surface area contributed by atoms with E-state index in [9.17, 15) is 14.4 Å². The largest absolute Gasteiger partial charge is 0.481 e. The first-order valence-electron chi connectivity index (χ1n) is 13.8. The Labute approximate surface area is 203 Å². The van der Waals surface area contributed by atoms with Crippen LogP contribution in [0.1, 0.15) is 136 Å². The lowest BCUT2D eigenvalue weighted by molar-refractivity contribution is -0.139. The molecule has 0 aromatic rings. The molecule has 0 saturated heterocycles. The number of hydrogen-bond acceptors (Lipinski definition) is 3. The van der Waals surface area contributed by atoms with Crippen molar-refractivity contribution in [1.82, 2.24) is 10.2 Å². The highest BCUT2D eigenvalue weighted by Crippen LogP contribution is 2.12. The summed E-state index contributed by atoms with van der Waals surface area (Å²) in [4.78, 5) is 38.4. The van der Waals surface area contributed by atoms with Crippen LogP contribution in [0, 0.1) is 0 Å². The number of amides is 2. The molecular formula is C27H52N2O4. The Kier molecular flexibility index (Phi) is 21.1. The molecule has 0 spiro atoms. The summed E-state index contributed by atoms with van der Waals surface area (Å²) in [7, 11) is 0. The van der Waals surface area contributed by atoms with Crippen LogP contribution >= 0.6 is 0 Å². The number of carboxylic acid groups (broad SMARTS) is 1. The molecule has 0 fully saturated rings. The van der Waals surface area contributed by atoms with Gasteiger partial charge in [0, 0.05) is 25.9 Å². The maximum atomic E-state index is 13.1. The summed E-state index contributed by atoms with van der Waals surface area (Å²) in [6.45, 7) is 7.73. The minimum Gasteiger partial charge on any atom is -0.481 e. The molecule has 0 aliphatic carbocycles. The van der Waals surface area contributed by atoms with Crippen LogP contribution in [-0.2, 0) is 14.4 Å². The van der Waals surface area contributed by atoms with Crippen molar-refractivity contribution in [2.75, 3.05) is 13.1 Å². The predicted octanol–water partition coefficient (Wildman–Crippen LogP) is 6.47. The normalized spacial score (nSPS) is 11.8. The summed E-state index contributed by atoms with van der Waals surface area (Å²) in [6, 6.07) is -0.741. The van der Waals surface area contributed by atoms with Gasteiger partial charge in [0.2, 0.25) is 11.8 Å². The zero-order valence-corrected chi connectivity index (χ0v) is 21.8. The van der Waals surface area contributed by atoms with Gasteiger partial charge in [-0.05, 0) is 25.7 Å². The molecule has 0 rings (SSSR count). The van der Waals surface area contributed by atoms with Gasteiger partial charge in [0.15, 0.2) is 0 Å². The van der Waals surface area contributed by atoms with Gasteiger partial charge in [-0.15, -0.1) is 0 Å². The molecule has 194 valence electrons. The summed E-state index contributed by atoms with van der Waals surface area (Å²) in [6.07, 6.45) is 17.7. The third-order valence-electron chi connectivity index (χ3n) is 6.16. The molecule has 0 bridgehead atoms. The Morgan fingerprint density at radius 2 is 1.12 bits per heavy atom. The van der Waals surface area contributed by atoms with Gasteiger partial charge in [0.1, 0.15) is 6.04 Å². The van der Waals surface area contributed by atoms with E-state index >= 15 is 0 Å². The summed E-state index contributed by atoms with van der Waals surface area (Å²) >= 11 is 0. The summed E-state index contributed by atoms with van der Waals surface area (Å²) in [5.74, 6) is -1.22. The minimum absolute atomic E-state index is 0.121. The van der Waals surface area contributed by atoms with Gasteiger partial charge in [0.05, 0.1) is 0 Å². The fourth-order valence-electron chi connectivity index (χ4n) is 3.99. The van der Waals surface area contributed by atoms with E-state index in [0.29, 0.717) is 19.5 Å². The number of carbonyl (C=O) groups excluding carboxylic acids is 2. The second-order valence-corrected chi connectivity index (χ2v) is 9.37. The van der Waals surface area contributed by atoms with E-state index in [1.54, 1.807) is 0 Å². The number of rotatable bonds is 23. The van der Waals surface area contributed by atoms with Crippen LogP contribution in [0.5, 0.6) is 0 Å². The van der Waals surface area contributed by atoms with Crippen LogP contribution in [0.4, 0.5) is 0 Å². The molecule has 0 aromatic heterocycles. The monoisotopic (exact) mass is 468 g/mol. The molecule has 0 heterocycles. The molecule has 0 aromatic carbocycles. The Morgan fingerprint density at radius 3 is 1.58 bits per heavy atom. The maximum absolute atomic E-state index is 13.1.